The molecule has 4 aromatic rings. The van der Waals surface area contributed by atoms with E-state index >= 15 is 0 Å². The van der Waals surface area contributed by atoms with Crippen molar-refractivity contribution >= 4 is 5.82 Å². The van der Waals surface area contributed by atoms with Gasteiger partial charge >= 0.3 is 0 Å². The standard InChI is InChI=1S/C26H24FN7O/c1-14-20-9-18(27)5-6-19(20)24-17(13-33(2)32-24)7-21-22(10-28)31-34(12-15-3-4-15)25(21)16-8-23(35-14)26(29)30-11-16/h5-6,8-9,11,13-15H,3-4,7,12H2,1-2H3,(H2,29,30)/t14-/m1/s1. The fourth-order valence-electron chi connectivity index (χ4n) is 4.86. The lowest BCUT2D eigenvalue weighted by Crippen LogP contribution is -2.10. The molecule has 1 fully saturated rings. The second-order valence-electron chi connectivity index (χ2n) is 9.37. The summed E-state index contributed by atoms with van der Waals surface area (Å²) in [5, 5.41) is 19.4. The molecular weight excluding hydrogens is 445 g/mol. The first kappa shape index (κ1) is 21.4. The maximum atomic E-state index is 14.3. The van der Waals surface area contributed by atoms with Gasteiger partial charge in [0.05, 0.1) is 11.4 Å². The van der Waals surface area contributed by atoms with Crippen molar-refractivity contribution < 1.29 is 9.13 Å². The van der Waals surface area contributed by atoms with Crippen molar-refractivity contribution in [2.75, 3.05) is 5.73 Å². The molecule has 1 aliphatic carbocycles. The molecule has 1 saturated carbocycles. The number of hydrogen-bond donors (Lipinski definition) is 1. The van der Waals surface area contributed by atoms with Crippen LogP contribution in [0.4, 0.5) is 10.2 Å². The van der Waals surface area contributed by atoms with Gasteiger partial charge in [0.25, 0.3) is 0 Å². The Labute approximate surface area is 201 Å². The molecular formula is C26H24FN7O. The van der Waals surface area contributed by atoms with Crippen molar-refractivity contribution in [2.24, 2.45) is 13.0 Å². The summed E-state index contributed by atoms with van der Waals surface area (Å²) in [6.45, 7) is 2.60. The van der Waals surface area contributed by atoms with Crippen molar-refractivity contribution in [2.45, 2.75) is 38.8 Å². The van der Waals surface area contributed by atoms with E-state index in [9.17, 15) is 9.65 Å². The number of anilines is 1. The Morgan fingerprint density at radius 3 is 2.86 bits per heavy atom. The molecule has 2 aliphatic rings. The number of nitriles is 1. The molecule has 4 heterocycles. The summed E-state index contributed by atoms with van der Waals surface area (Å²) in [5.41, 5.74) is 12.0. The van der Waals surface area contributed by atoms with Crippen LogP contribution in [0, 0.1) is 23.1 Å². The van der Waals surface area contributed by atoms with E-state index in [0.29, 0.717) is 29.3 Å². The molecule has 3 aromatic heterocycles. The van der Waals surface area contributed by atoms with Crippen LogP contribution in [0.3, 0.4) is 0 Å². The predicted octanol–water partition coefficient (Wildman–Crippen LogP) is 4.39. The number of rotatable bonds is 2. The molecule has 2 N–H and O–H groups in total. The predicted molar refractivity (Wildman–Crippen MR) is 128 cm³/mol. The topological polar surface area (TPSA) is 108 Å². The van der Waals surface area contributed by atoms with Gasteiger partial charge in [-0.05, 0) is 49.9 Å². The minimum atomic E-state index is -0.514. The van der Waals surface area contributed by atoms with Crippen molar-refractivity contribution in [1.29, 1.82) is 5.26 Å². The fourth-order valence-corrected chi connectivity index (χ4v) is 4.86. The highest BCUT2D eigenvalue weighted by molar-refractivity contribution is 5.73. The van der Waals surface area contributed by atoms with Crippen LogP contribution in [-0.2, 0) is 20.0 Å². The van der Waals surface area contributed by atoms with Crippen molar-refractivity contribution in [3.05, 3.63) is 64.9 Å². The Morgan fingerprint density at radius 1 is 1.26 bits per heavy atom. The average Bonchev–Trinajstić information content (AvgIpc) is 3.48. The Hall–Kier alpha value is -4.19. The van der Waals surface area contributed by atoms with Crippen molar-refractivity contribution in [3.63, 3.8) is 0 Å². The Morgan fingerprint density at radius 2 is 2.09 bits per heavy atom. The van der Waals surface area contributed by atoms with Crippen LogP contribution in [0.1, 0.15) is 48.3 Å². The van der Waals surface area contributed by atoms with E-state index in [1.54, 1.807) is 16.9 Å². The van der Waals surface area contributed by atoms with Gasteiger partial charge in [-0.3, -0.25) is 9.36 Å². The molecule has 8 nitrogen and oxygen atoms in total. The second-order valence-corrected chi connectivity index (χ2v) is 9.37. The molecule has 176 valence electrons. The number of fused-ring (bicyclic) bond motifs is 7. The van der Waals surface area contributed by atoms with E-state index in [0.717, 1.165) is 53.0 Å². The zero-order valence-corrected chi connectivity index (χ0v) is 19.5. The number of nitrogens with two attached hydrogens (primary N) is 1. The lowest BCUT2D eigenvalue weighted by molar-refractivity contribution is 0.227. The van der Waals surface area contributed by atoms with Crippen LogP contribution in [0.2, 0.25) is 0 Å². The third kappa shape index (κ3) is 3.71. The van der Waals surface area contributed by atoms with Crippen LogP contribution in [0.5, 0.6) is 5.75 Å². The molecule has 0 radical (unpaired) electrons. The van der Waals surface area contributed by atoms with Gasteiger partial charge in [-0.25, -0.2) is 9.37 Å². The summed E-state index contributed by atoms with van der Waals surface area (Å²) in [4.78, 5) is 4.39. The van der Waals surface area contributed by atoms with Crippen LogP contribution >= 0.6 is 0 Å². The first-order valence-corrected chi connectivity index (χ1v) is 11.7. The lowest BCUT2D eigenvalue weighted by atomic mass is 9.94. The molecule has 0 unspecified atom stereocenters. The normalized spacial score (nSPS) is 16.7. The quantitative estimate of drug-likeness (QED) is 0.466. The summed E-state index contributed by atoms with van der Waals surface area (Å²) < 4.78 is 24.3. The SMILES string of the molecule is C[C@H]1Oc2cc(cnc2N)-c2c(c(C#N)nn2CC2CC2)Cc2cn(C)nc2-c2ccc(F)cc21. The van der Waals surface area contributed by atoms with E-state index in [1.165, 1.54) is 12.1 Å². The van der Waals surface area contributed by atoms with Crippen LogP contribution in [0.25, 0.3) is 22.5 Å². The first-order valence-electron chi connectivity index (χ1n) is 11.7. The number of nitrogen functional groups attached to an aromatic ring is 1. The highest BCUT2D eigenvalue weighted by atomic mass is 19.1. The Bertz CT molecular complexity index is 1510. The van der Waals surface area contributed by atoms with E-state index in [-0.39, 0.29) is 11.6 Å². The van der Waals surface area contributed by atoms with Crippen molar-refractivity contribution in [1.82, 2.24) is 24.5 Å². The van der Waals surface area contributed by atoms with Gasteiger partial charge in [-0.2, -0.15) is 15.5 Å². The van der Waals surface area contributed by atoms with Gasteiger partial charge in [0.15, 0.2) is 17.3 Å². The largest absolute Gasteiger partial charge is 0.482 e. The van der Waals surface area contributed by atoms with E-state index in [4.69, 9.17) is 15.6 Å². The smallest absolute Gasteiger partial charge is 0.166 e. The lowest BCUT2D eigenvalue weighted by Gasteiger charge is -2.21. The summed E-state index contributed by atoms with van der Waals surface area (Å²) in [5.74, 6) is 0.833. The molecule has 0 amide bonds. The van der Waals surface area contributed by atoms with Crippen molar-refractivity contribution in [3.8, 4) is 34.3 Å². The first-order chi connectivity index (χ1) is 16.9. The molecule has 0 spiro atoms. The monoisotopic (exact) mass is 469 g/mol. The second kappa shape index (κ2) is 7.94. The van der Waals surface area contributed by atoms with E-state index in [1.807, 2.05) is 30.9 Å². The van der Waals surface area contributed by atoms with Crippen LogP contribution < -0.4 is 10.5 Å². The number of benzene rings is 1. The maximum Gasteiger partial charge on any atom is 0.166 e. The van der Waals surface area contributed by atoms with Gasteiger partial charge in [-0.1, -0.05) is 0 Å². The summed E-state index contributed by atoms with van der Waals surface area (Å²) in [7, 11) is 1.85. The third-order valence-corrected chi connectivity index (χ3v) is 6.72. The molecule has 35 heavy (non-hydrogen) atoms. The molecule has 0 saturated heterocycles. The molecule has 1 atom stereocenters. The molecule has 9 heteroatoms. The van der Waals surface area contributed by atoms with Gasteiger partial charge in [0.1, 0.15) is 18.0 Å². The number of hydrogen-bond acceptors (Lipinski definition) is 6. The zero-order valence-electron chi connectivity index (χ0n) is 19.5. The van der Waals surface area contributed by atoms with E-state index in [2.05, 4.69) is 16.2 Å². The highest BCUT2D eigenvalue weighted by Gasteiger charge is 2.29. The van der Waals surface area contributed by atoms with Crippen LogP contribution in [0.15, 0.2) is 36.7 Å². The van der Waals surface area contributed by atoms with Gasteiger partial charge < -0.3 is 10.5 Å². The highest BCUT2D eigenvalue weighted by Crippen LogP contribution is 2.40. The van der Waals surface area contributed by atoms with Crippen LogP contribution in [-0.4, -0.2) is 24.5 Å². The molecule has 6 rings (SSSR count). The molecule has 2 bridgehead atoms. The minimum Gasteiger partial charge on any atom is -0.482 e. The molecule has 1 aromatic carbocycles. The number of halogens is 1. The summed E-state index contributed by atoms with van der Waals surface area (Å²) >= 11 is 0. The number of aromatic nitrogens is 5. The zero-order chi connectivity index (χ0) is 24.3. The molecule has 1 aliphatic heterocycles. The number of ether oxygens (including phenoxy) is 1. The number of nitrogens with zero attached hydrogens (tertiary/aromatic N) is 6. The van der Waals surface area contributed by atoms with E-state index < -0.39 is 6.10 Å². The average molecular weight is 470 g/mol. The minimum absolute atomic E-state index is 0.240. The summed E-state index contributed by atoms with van der Waals surface area (Å²) in [6.07, 6.45) is 5.87. The maximum absolute atomic E-state index is 14.3. The fraction of sp³-hybridized carbons (Fsp3) is 0.308. The van der Waals surface area contributed by atoms with Gasteiger partial charge in [-0.15, -0.1) is 0 Å². The Balaban J connectivity index is 1.64. The number of aryl methyl sites for hydroxylation is 1. The third-order valence-electron chi connectivity index (χ3n) is 6.72. The number of pyridine rings is 1. The van der Waals surface area contributed by atoms with Gasteiger partial charge in [0.2, 0.25) is 0 Å². The van der Waals surface area contributed by atoms with Gasteiger partial charge in [0, 0.05) is 60.2 Å². The Kier molecular flexibility index (Phi) is 4.85. The summed E-state index contributed by atoms with van der Waals surface area (Å²) in [6, 6.07) is 8.75.